The van der Waals surface area contributed by atoms with Crippen molar-refractivity contribution in [3.05, 3.63) is 64.2 Å². The maximum atomic E-state index is 10.7. The molecular formula is C21H28ClNO3. The predicted molar refractivity (Wildman–Crippen MR) is 110 cm³/mol. The molecular weight excluding hydrogens is 350 g/mol. The molecule has 0 fully saturated rings. The second-order valence-corrected chi connectivity index (χ2v) is 6.17. The lowest BCUT2D eigenvalue weighted by molar-refractivity contribution is 0.0696. The fourth-order valence-electron chi connectivity index (χ4n) is 2.41. The van der Waals surface area contributed by atoms with E-state index in [4.69, 9.17) is 26.9 Å². The first kappa shape index (κ1) is 23.7. The van der Waals surface area contributed by atoms with Gasteiger partial charge in [0.25, 0.3) is 0 Å². The van der Waals surface area contributed by atoms with E-state index in [1.54, 1.807) is 32.2 Å². The summed E-state index contributed by atoms with van der Waals surface area (Å²) in [6.45, 7) is 11.2. The SMILES string of the molecule is C=C(Cl)/C=C(C)\C(=C/C)C(C)=N.CCCc1ccc(C(=O)O)cc1OC. The van der Waals surface area contributed by atoms with Crippen LogP contribution < -0.4 is 4.74 Å². The Morgan fingerprint density at radius 3 is 2.38 bits per heavy atom. The second kappa shape index (κ2) is 12.1. The molecule has 26 heavy (non-hydrogen) atoms. The topological polar surface area (TPSA) is 70.4 Å². The minimum absolute atomic E-state index is 0.265. The molecule has 0 saturated carbocycles. The third-order valence-corrected chi connectivity index (χ3v) is 3.65. The molecule has 0 atom stereocenters. The van der Waals surface area contributed by atoms with Crippen LogP contribution in [0.25, 0.3) is 0 Å². The summed E-state index contributed by atoms with van der Waals surface area (Å²) in [5.74, 6) is -0.266. The van der Waals surface area contributed by atoms with E-state index in [0.717, 1.165) is 29.6 Å². The van der Waals surface area contributed by atoms with Gasteiger partial charge < -0.3 is 15.3 Å². The summed E-state index contributed by atoms with van der Waals surface area (Å²) in [7, 11) is 1.56. The maximum absolute atomic E-state index is 10.7. The predicted octanol–water partition coefficient (Wildman–Crippen LogP) is 6.02. The highest BCUT2D eigenvalue weighted by atomic mass is 35.5. The van der Waals surface area contributed by atoms with E-state index in [0.29, 0.717) is 16.5 Å². The quantitative estimate of drug-likeness (QED) is 0.451. The lowest BCUT2D eigenvalue weighted by Crippen LogP contribution is -1.99. The standard InChI is InChI=1S/C11H14O3.C10H14ClN/c1-3-4-8-5-6-9(11(12)13)7-10(8)14-2;1-5-10(9(4)12)7(2)6-8(3)11/h5-7H,3-4H2,1-2H3,(H,12,13);5-6,12H,3H2,1-2,4H3/b;7-6-,10-5+,12-9?. The smallest absolute Gasteiger partial charge is 0.335 e. The number of halogens is 1. The van der Waals surface area contributed by atoms with Crippen LogP contribution in [0.2, 0.25) is 0 Å². The van der Waals surface area contributed by atoms with Gasteiger partial charge in [-0.3, -0.25) is 0 Å². The monoisotopic (exact) mass is 377 g/mol. The second-order valence-electron chi connectivity index (χ2n) is 5.68. The number of allylic oxidation sites excluding steroid dienone is 5. The molecule has 0 spiro atoms. The summed E-state index contributed by atoms with van der Waals surface area (Å²) in [6.07, 6.45) is 5.58. The van der Waals surface area contributed by atoms with E-state index in [9.17, 15) is 4.79 Å². The van der Waals surface area contributed by atoms with E-state index >= 15 is 0 Å². The van der Waals surface area contributed by atoms with Gasteiger partial charge in [0, 0.05) is 10.7 Å². The summed E-state index contributed by atoms with van der Waals surface area (Å²) in [4.78, 5) is 10.7. The summed E-state index contributed by atoms with van der Waals surface area (Å²) in [6, 6.07) is 4.98. The highest BCUT2D eigenvalue weighted by Crippen LogP contribution is 2.21. The molecule has 0 bridgehead atoms. The van der Waals surface area contributed by atoms with Crippen LogP contribution in [-0.4, -0.2) is 23.9 Å². The molecule has 0 amide bonds. The molecule has 4 nitrogen and oxygen atoms in total. The molecule has 1 aromatic rings. The van der Waals surface area contributed by atoms with Crippen molar-refractivity contribution in [2.45, 2.75) is 40.5 Å². The van der Waals surface area contributed by atoms with Crippen molar-refractivity contribution in [3.8, 4) is 5.75 Å². The molecule has 142 valence electrons. The Hall–Kier alpha value is -2.33. The summed E-state index contributed by atoms with van der Waals surface area (Å²) in [5.41, 5.74) is 3.76. The average Bonchev–Trinajstić information content (AvgIpc) is 2.55. The van der Waals surface area contributed by atoms with Crippen molar-refractivity contribution in [1.82, 2.24) is 0 Å². The molecule has 2 N–H and O–H groups in total. The first-order valence-electron chi connectivity index (χ1n) is 8.32. The van der Waals surface area contributed by atoms with Crippen LogP contribution in [-0.2, 0) is 6.42 Å². The van der Waals surface area contributed by atoms with Crippen molar-refractivity contribution in [3.63, 3.8) is 0 Å². The van der Waals surface area contributed by atoms with E-state index in [1.807, 2.05) is 26.0 Å². The fraction of sp³-hybridized carbons (Fsp3) is 0.333. The van der Waals surface area contributed by atoms with Crippen LogP contribution in [0.1, 0.15) is 50.0 Å². The largest absolute Gasteiger partial charge is 0.496 e. The number of nitrogens with one attached hydrogen (secondary N) is 1. The van der Waals surface area contributed by atoms with Crippen LogP contribution in [0.15, 0.2) is 53.1 Å². The summed E-state index contributed by atoms with van der Waals surface area (Å²) < 4.78 is 5.13. The molecule has 0 aliphatic carbocycles. The van der Waals surface area contributed by atoms with Crippen LogP contribution in [0, 0.1) is 5.41 Å². The molecule has 1 aromatic carbocycles. The van der Waals surface area contributed by atoms with Crippen molar-refractivity contribution >= 4 is 23.3 Å². The Labute approximate surface area is 161 Å². The van der Waals surface area contributed by atoms with Gasteiger partial charge in [-0.25, -0.2) is 4.79 Å². The van der Waals surface area contributed by atoms with Gasteiger partial charge in [-0.2, -0.15) is 0 Å². The molecule has 0 aliphatic heterocycles. The van der Waals surface area contributed by atoms with Gasteiger partial charge >= 0.3 is 5.97 Å². The number of carboxylic acids is 1. The van der Waals surface area contributed by atoms with Crippen LogP contribution in [0.5, 0.6) is 5.75 Å². The highest BCUT2D eigenvalue weighted by Gasteiger charge is 2.07. The fourth-order valence-corrected chi connectivity index (χ4v) is 2.57. The number of carbonyl (C=O) groups is 1. The van der Waals surface area contributed by atoms with Crippen molar-refractivity contribution in [2.75, 3.05) is 7.11 Å². The average molecular weight is 378 g/mol. The first-order chi connectivity index (χ1) is 12.2. The zero-order valence-corrected chi connectivity index (χ0v) is 16.9. The van der Waals surface area contributed by atoms with E-state index in [2.05, 4.69) is 13.5 Å². The van der Waals surface area contributed by atoms with E-state index in [1.165, 1.54) is 0 Å². The van der Waals surface area contributed by atoms with Crippen LogP contribution >= 0.6 is 11.6 Å². The minimum atomic E-state index is -0.925. The number of benzene rings is 1. The number of hydrogen-bond acceptors (Lipinski definition) is 3. The highest BCUT2D eigenvalue weighted by molar-refractivity contribution is 6.31. The van der Waals surface area contributed by atoms with Gasteiger partial charge in [-0.15, -0.1) is 0 Å². The van der Waals surface area contributed by atoms with E-state index in [-0.39, 0.29) is 5.56 Å². The number of hydrogen-bond donors (Lipinski definition) is 2. The molecule has 1 rings (SSSR count). The molecule has 0 aliphatic rings. The van der Waals surface area contributed by atoms with Gasteiger partial charge in [0.2, 0.25) is 0 Å². The van der Waals surface area contributed by atoms with Gasteiger partial charge in [0.1, 0.15) is 5.75 Å². The number of carboxylic acid groups (broad SMARTS) is 1. The van der Waals surface area contributed by atoms with Crippen molar-refractivity contribution in [2.24, 2.45) is 0 Å². The zero-order valence-electron chi connectivity index (χ0n) is 16.1. The normalized spacial score (nSPS) is 11.3. The number of aromatic carboxylic acids is 1. The lowest BCUT2D eigenvalue weighted by atomic mass is 10.0. The first-order valence-corrected chi connectivity index (χ1v) is 8.70. The van der Waals surface area contributed by atoms with Crippen LogP contribution in [0.4, 0.5) is 0 Å². The number of ether oxygens (including phenoxy) is 1. The van der Waals surface area contributed by atoms with Gasteiger partial charge in [-0.1, -0.05) is 43.7 Å². The molecule has 0 aromatic heterocycles. The zero-order chi connectivity index (χ0) is 20.3. The number of aryl methyl sites for hydroxylation is 1. The van der Waals surface area contributed by atoms with Gasteiger partial charge in [0.15, 0.2) is 0 Å². The minimum Gasteiger partial charge on any atom is -0.496 e. The Kier molecular flexibility index (Phi) is 11.0. The third kappa shape index (κ3) is 8.17. The van der Waals surface area contributed by atoms with Crippen molar-refractivity contribution in [1.29, 1.82) is 5.41 Å². The Bertz CT molecular complexity index is 718. The molecule has 0 unspecified atom stereocenters. The Balaban J connectivity index is 0.000000488. The lowest BCUT2D eigenvalue weighted by Gasteiger charge is -2.07. The Morgan fingerprint density at radius 1 is 1.38 bits per heavy atom. The summed E-state index contributed by atoms with van der Waals surface area (Å²) >= 11 is 5.61. The van der Waals surface area contributed by atoms with Gasteiger partial charge in [-0.05, 0) is 62.1 Å². The van der Waals surface area contributed by atoms with E-state index < -0.39 is 5.97 Å². The molecule has 0 radical (unpaired) electrons. The van der Waals surface area contributed by atoms with Crippen LogP contribution in [0.3, 0.4) is 0 Å². The third-order valence-electron chi connectivity index (χ3n) is 3.54. The maximum Gasteiger partial charge on any atom is 0.335 e. The summed E-state index contributed by atoms with van der Waals surface area (Å²) in [5, 5.41) is 16.7. The molecule has 5 heteroatoms. The molecule has 0 heterocycles. The Morgan fingerprint density at radius 2 is 2.00 bits per heavy atom. The molecule has 0 saturated heterocycles. The van der Waals surface area contributed by atoms with Crippen molar-refractivity contribution < 1.29 is 14.6 Å². The van der Waals surface area contributed by atoms with Gasteiger partial charge in [0.05, 0.1) is 12.7 Å². The number of methoxy groups -OCH3 is 1. The number of rotatable bonds is 7.